The quantitative estimate of drug-likeness (QED) is 0.221. The minimum Gasteiger partial charge on any atom is -0.451 e. The summed E-state index contributed by atoms with van der Waals surface area (Å²) >= 11 is 1.35. The van der Waals surface area contributed by atoms with Crippen LogP contribution in [-0.4, -0.2) is 73.0 Å². The zero-order valence-electron chi connectivity index (χ0n) is 27.2. The Morgan fingerprint density at radius 3 is 2.60 bits per heavy atom. The van der Waals surface area contributed by atoms with Gasteiger partial charge in [-0.15, -0.1) is 11.8 Å². The smallest absolute Gasteiger partial charge is 0.328 e. The summed E-state index contributed by atoms with van der Waals surface area (Å²) in [6.45, 7) is 7.51. The molecule has 3 aliphatic heterocycles. The van der Waals surface area contributed by atoms with Crippen LogP contribution >= 0.6 is 18.9 Å². The monoisotopic (exact) mass is 702 g/mol. The SMILES string of the molecule is CC(C)C(C)(N)C(=O)OCOc1c2n(cc(P(C)(C)=O)c1=O)N([C@@H]1c3ccccc3SCc3c1ccc(F)c3F)[C@@H]1COCCN1C2=O. The number of pyridine rings is 1. The van der Waals surface area contributed by atoms with Crippen LogP contribution in [0.1, 0.15) is 54.0 Å². The molecule has 2 N–H and O–H groups in total. The van der Waals surface area contributed by atoms with Gasteiger partial charge in [0, 0.05) is 29.0 Å². The third kappa shape index (κ3) is 5.72. The van der Waals surface area contributed by atoms with Crippen molar-refractivity contribution in [3.63, 3.8) is 0 Å². The lowest BCUT2D eigenvalue weighted by Gasteiger charge is -2.51. The molecule has 48 heavy (non-hydrogen) atoms. The van der Waals surface area contributed by atoms with Crippen LogP contribution in [0.15, 0.2) is 52.3 Å². The molecule has 3 atom stereocenters. The lowest BCUT2D eigenvalue weighted by Crippen LogP contribution is -2.67. The number of nitrogens with two attached hydrogens (primary N) is 1. The molecule has 256 valence electrons. The van der Waals surface area contributed by atoms with Crippen LogP contribution in [0.3, 0.4) is 0 Å². The zero-order valence-corrected chi connectivity index (χ0v) is 28.9. The standard InChI is InChI=1S/C33H37F2N4O7PS/c1-18(2)33(3,36)32(42)46-17-45-30-28-31(41)37-12-13-44-15-25(37)39(38(28)14-23(29(30)40)47(4,5)43)27-19-10-11-22(34)26(35)21(19)16-48-24-9-7-6-8-20(24)27/h6-11,14,18,25,27H,12-13,15-17,36H2,1-5H3/t25-,27+,33?/m1/s1. The molecule has 0 spiro atoms. The van der Waals surface area contributed by atoms with Crippen molar-refractivity contribution in [2.45, 2.75) is 49.2 Å². The molecule has 1 saturated heterocycles. The third-order valence-electron chi connectivity index (χ3n) is 9.24. The average Bonchev–Trinajstić information content (AvgIpc) is 3.20. The minimum absolute atomic E-state index is 0.0471. The van der Waals surface area contributed by atoms with Gasteiger partial charge in [-0.05, 0) is 49.4 Å². The summed E-state index contributed by atoms with van der Waals surface area (Å²) in [5, 5.41) is 1.65. The van der Waals surface area contributed by atoms with Crippen LogP contribution in [0.25, 0.3) is 0 Å². The molecule has 0 saturated carbocycles. The maximum Gasteiger partial charge on any atom is 0.328 e. The number of hydrogen-bond donors (Lipinski definition) is 1. The normalized spacial score (nSPS) is 20.2. The summed E-state index contributed by atoms with van der Waals surface area (Å²) in [5.74, 6) is -3.92. The molecule has 1 unspecified atom stereocenters. The maximum absolute atomic E-state index is 15.5. The fourth-order valence-electron chi connectivity index (χ4n) is 6.07. The molecule has 3 aliphatic rings. The van der Waals surface area contributed by atoms with Crippen LogP contribution in [0.5, 0.6) is 5.75 Å². The van der Waals surface area contributed by atoms with Crippen molar-refractivity contribution < 1.29 is 37.1 Å². The van der Waals surface area contributed by atoms with E-state index in [1.807, 2.05) is 24.3 Å². The molecule has 0 bridgehead atoms. The Morgan fingerprint density at radius 2 is 1.90 bits per heavy atom. The molecule has 3 aromatic rings. The molecular weight excluding hydrogens is 665 g/mol. The Kier molecular flexibility index (Phi) is 8.99. The van der Waals surface area contributed by atoms with Gasteiger partial charge in [0.1, 0.15) is 18.8 Å². The van der Waals surface area contributed by atoms with Crippen LogP contribution < -0.4 is 26.2 Å². The fraction of sp³-hybridized carbons (Fsp3) is 0.424. The number of amides is 1. The van der Waals surface area contributed by atoms with Crippen molar-refractivity contribution in [3.8, 4) is 5.75 Å². The second kappa shape index (κ2) is 12.6. The van der Waals surface area contributed by atoms with Crippen molar-refractivity contribution >= 4 is 36.1 Å². The average molecular weight is 703 g/mol. The van der Waals surface area contributed by atoms with Gasteiger partial charge in [0.2, 0.25) is 18.0 Å². The largest absolute Gasteiger partial charge is 0.451 e. The van der Waals surface area contributed by atoms with Gasteiger partial charge >= 0.3 is 5.97 Å². The number of halogens is 2. The molecule has 0 radical (unpaired) electrons. The van der Waals surface area contributed by atoms with Gasteiger partial charge in [0.05, 0.1) is 24.6 Å². The van der Waals surface area contributed by atoms with Crippen molar-refractivity contribution in [1.29, 1.82) is 0 Å². The van der Waals surface area contributed by atoms with Crippen LogP contribution in [0.4, 0.5) is 8.78 Å². The van der Waals surface area contributed by atoms with E-state index in [-0.39, 0.29) is 48.0 Å². The molecule has 1 fully saturated rings. The predicted octanol–water partition coefficient (Wildman–Crippen LogP) is 3.77. The van der Waals surface area contributed by atoms with Crippen molar-refractivity contribution in [3.05, 3.63) is 86.8 Å². The molecule has 6 rings (SSSR count). The number of thioether (sulfide) groups is 1. The van der Waals surface area contributed by atoms with Crippen molar-refractivity contribution in [1.82, 2.24) is 9.58 Å². The summed E-state index contributed by atoms with van der Waals surface area (Å²) in [6, 6.07) is 9.19. The van der Waals surface area contributed by atoms with Crippen molar-refractivity contribution in [2.24, 2.45) is 11.7 Å². The third-order valence-corrected chi connectivity index (χ3v) is 11.8. The second-order valence-corrected chi connectivity index (χ2v) is 17.1. The van der Waals surface area contributed by atoms with Gasteiger partial charge in [0.15, 0.2) is 17.3 Å². The number of fused-ring (bicyclic) bond motifs is 4. The Labute approximate surface area is 280 Å². The molecule has 0 aliphatic carbocycles. The van der Waals surface area contributed by atoms with E-state index in [1.165, 1.54) is 53.9 Å². The van der Waals surface area contributed by atoms with E-state index in [9.17, 15) is 23.3 Å². The number of carbonyl (C=O) groups excluding carboxylic acids is 2. The van der Waals surface area contributed by atoms with Gasteiger partial charge in [0.25, 0.3) is 5.91 Å². The topological polar surface area (TPSA) is 133 Å². The maximum atomic E-state index is 15.5. The number of aromatic nitrogens is 1. The Morgan fingerprint density at radius 1 is 1.17 bits per heavy atom. The lowest BCUT2D eigenvalue weighted by atomic mass is 9.90. The first-order valence-corrected chi connectivity index (χ1v) is 19.0. The van der Waals surface area contributed by atoms with E-state index in [4.69, 9.17) is 19.9 Å². The molecule has 1 aromatic heterocycles. The number of esters is 1. The van der Waals surface area contributed by atoms with E-state index in [0.29, 0.717) is 5.56 Å². The number of carbonyl (C=O) groups is 2. The zero-order chi connectivity index (χ0) is 34.7. The highest BCUT2D eigenvalue weighted by atomic mass is 32.2. The molecule has 15 heteroatoms. The molecular formula is C33H37F2N4O7PS. The van der Waals surface area contributed by atoms with E-state index < -0.39 is 66.4 Å². The van der Waals surface area contributed by atoms with Gasteiger partial charge in [-0.3, -0.25) is 19.3 Å². The van der Waals surface area contributed by atoms with Gasteiger partial charge < -0.3 is 29.4 Å². The van der Waals surface area contributed by atoms with E-state index >= 15 is 4.39 Å². The highest BCUT2D eigenvalue weighted by Crippen LogP contribution is 2.46. The van der Waals surface area contributed by atoms with Gasteiger partial charge in [-0.25, -0.2) is 13.6 Å². The summed E-state index contributed by atoms with van der Waals surface area (Å²) in [5.41, 5.74) is 5.12. The highest BCUT2D eigenvalue weighted by Gasteiger charge is 2.47. The van der Waals surface area contributed by atoms with Gasteiger partial charge in [-0.1, -0.05) is 38.1 Å². The van der Waals surface area contributed by atoms with Crippen LogP contribution in [-0.2, 0) is 24.6 Å². The summed E-state index contributed by atoms with van der Waals surface area (Å²) in [7, 11) is -3.34. The number of benzene rings is 2. The predicted molar refractivity (Wildman–Crippen MR) is 177 cm³/mol. The van der Waals surface area contributed by atoms with Gasteiger partial charge in [-0.2, -0.15) is 0 Å². The lowest BCUT2D eigenvalue weighted by molar-refractivity contribution is -0.158. The Bertz CT molecular complexity index is 1910. The number of rotatable bonds is 7. The highest BCUT2D eigenvalue weighted by molar-refractivity contribution is 7.98. The first-order valence-electron chi connectivity index (χ1n) is 15.4. The number of ether oxygens (including phenoxy) is 3. The Hall–Kier alpha value is -3.71. The molecule has 11 nitrogen and oxygen atoms in total. The summed E-state index contributed by atoms with van der Waals surface area (Å²) < 4.78 is 62.3. The summed E-state index contributed by atoms with van der Waals surface area (Å²) in [4.78, 5) is 43.5. The molecule has 4 heterocycles. The van der Waals surface area contributed by atoms with E-state index in [0.717, 1.165) is 16.5 Å². The second-order valence-electron chi connectivity index (χ2n) is 12.9. The minimum atomic E-state index is -3.34. The van der Waals surface area contributed by atoms with Crippen LogP contribution in [0, 0.1) is 17.6 Å². The van der Waals surface area contributed by atoms with Crippen LogP contribution in [0.2, 0.25) is 0 Å². The number of hydrogen-bond acceptors (Lipinski definition) is 10. The van der Waals surface area contributed by atoms with E-state index in [2.05, 4.69) is 0 Å². The van der Waals surface area contributed by atoms with E-state index in [1.54, 1.807) is 18.9 Å². The number of morpholine rings is 1. The Balaban J connectivity index is 1.60. The first-order chi connectivity index (χ1) is 22.6. The summed E-state index contributed by atoms with van der Waals surface area (Å²) in [6.07, 6.45) is 0.579. The fourth-order valence-corrected chi connectivity index (χ4v) is 8.16. The first kappa shape index (κ1) is 34.2. The number of nitrogens with zero attached hydrogens (tertiary/aromatic N) is 3. The molecule has 2 aromatic carbocycles. The van der Waals surface area contributed by atoms with Crippen molar-refractivity contribution in [2.75, 3.05) is 44.9 Å². The molecule has 1 amide bonds.